The molecule has 11 nitrogen and oxygen atoms in total. The van der Waals surface area contributed by atoms with Crippen molar-refractivity contribution in [2.45, 2.75) is 0 Å². The lowest BCUT2D eigenvalue weighted by molar-refractivity contribution is -0.125. The molecule has 1 unspecified atom stereocenters. The zero-order valence-electron chi connectivity index (χ0n) is 25.7. The summed E-state index contributed by atoms with van der Waals surface area (Å²) in [6.45, 7) is 1.98. The number of aromatic nitrogens is 3. The molecule has 45 heavy (non-hydrogen) atoms. The summed E-state index contributed by atoms with van der Waals surface area (Å²) in [6.07, 6.45) is 5.06. The van der Waals surface area contributed by atoms with Crippen LogP contribution in [0.25, 0.3) is 22.2 Å². The summed E-state index contributed by atoms with van der Waals surface area (Å²) < 4.78 is 13.9. The number of hydrogen-bond donors (Lipinski definition) is 2. The van der Waals surface area contributed by atoms with E-state index in [0.29, 0.717) is 34.8 Å². The molecule has 2 fully saturated rings. The lowest BCUT2D eigenvalue weighted by atomic mass is 10.0. The Balaban J connectivity index is 0.00000128. The highest BCUT2D eigenvalue weighted by atomic mass is 16.5. The van der Waals surface area contributed by atoms with E-state index in [2.05, 4.69) is 21.8 Å². The number of piperidine rings is 1. The van der Waals surface area contributed by atoms with Gasteiger partial charge in [0.1, 0.15) is 40.7 Å². The predicted molar refractivity (Wildman–Crippen MR) is 172 cm³/mol. The molecule has 11 heteroatoms. The Hall–Kier alpha value is -5.34. The quantitative estimate of drug-likeness (QED) is 0.182. The van der Waals surface area contributed by atoms with Gasteiger partial charge in [-0.05, 0) is 56.1 Å². The van der Waals surface area contributed by atoms with Crippen LogP contribution in [0.5, 0.6) is 17.2 Å². The van der Waals surface area contributed by atoms with Crippen molar-refractivity contribution in [1.29, 1.82) is 0 Å². The van der Waals surface area contributed by atoms with Gasteiger partial charge < -0.3 is 34.7 Å². The second-order valence-corrected chi connectivity index (χ2v) is 11.2. The van der Waals surface area contributed by atoms with Gasteiger partial charge in [0.2, 0.25) is 5.91 Å². The summed E-state index contributed by atoms with van der Waals surface area (Å²) in [5.74, 6) is 10.5. The molecular formula is C34H36N6O5. The molecule has 1 amide bonds. The minimum Gasteiger partial charge on any atom is -0.496 e. The number of nitrogens with zero attached hydrogens (tertiary/aromatic N) is 5. The number of likely N-dealkylation sites (tertiary alicyclic amines) is 1. The number of fused-ring (bicyclic) bond motifs is 2. The van der Waals surface area contributed by atoms with Crippen molar-refractivity contribution < 1.29 is 24.2 Å². The largest absolute Gasteiger partial charge is 0.496 e. The monoisotopic (exact) mass is 608 g/mol. The zero-order chi connectivity index (χ0) is 32.1. The molecule has 3 N–H and O–H groups in total. The molecule has 0 spiro atoms. The molecule has 2 aromatic heterocycles. The summed E-state index contributed by atoms with van der Waals surface area (Å²) in [6, 6.07) is 15.3. The van der Waals surface area contributed by atoms with Gasteiger partial charge in [0.05, 0.1) is 12.5 Å². The summed E-state index contributed by atoms with van der Waals surface area (Å²) in [7, 11) is 7.54. The number of carboxylic acid groups (broad SMARTS) is 1. The Bertz CT molecular complexity index is 1780. The highest BCUT2D eigenvalue weighted by Crippen LogP contribution is 2.51. The molecule has 4 aromatic rings. The number of nitrogen functional groups attached to an aromatic ring is 1. The van der Waals surface area contributed by atoms with Crippen LogP contribution in [0.4, 0.5) is 5.82 Å². The van der Waals surface area contributed by atoms with Crippen LogP contribution in [0.3, 0.4) is 0 Å². The maximum atomic E-state index is 12.6. The van der Waals surface area contributed by atoms with Gasteiger partial charge in [-0.15, -0.1) is 0 Å². The molecular weight excluding hydrogens is 572 g/mol. The lowest BCUT2D eigenvalue weighted by Gasteiger charge is -2.17. The third-order valence-corrected chi connectivity index (χ3v) is 8.01. The third-order valence-electron chi connectivity index (χ3n) is 8.01. The molecule has 232 valence electrons. The maximum absolute atomic E-state index is 12.6. The van der Waals surface area contributed by atoms with Gasteiger partial charge in [-0.3, -0.25) is 9.59 Å². The van der Waals surface area contributed by atoms with Gasteiger partial charge in [0.15, 0.2) is 0 Å². The van der Waals surface area contributed by atoms with Crippen LogP contribution >= 0.6 is 0 Å². The van der Waals surface area contributed by atoms with E-state index in [0.717, 1.165) is 47.6 Å². The lowest BCUT2D eigenvalue weighted by Crippen LogP contribution is -2.30. The average molecular weight is 609 g/mol. The highest BCUT2D eigenvalue weighted by Gasteiger charge is 2.55. The van der Waals surface area contributed by atoms with Crippen LogP contribution in [0.15, 0.2) is 67.0 Å². The Morgan fingerprint density at radius 3 is 2.51 bits per heavy atom. The molecule has 2 aliphatic rings. The number of amides is 1. The normalized spacial score (nSPS) is 18.2. The Morgan fingerprint density at radius 2 is 1.84 bits per heavy atom. The fraction of sp³-hybridized carbons (Fsp3) is 0.294. The van der Waals surface area contributed by atoms with Gasteiger partial charge in [-0.1, -0.05) is 30.2 Å². The van der Waals surface area contributed by atoms with E-state index in [1.54, 1.807) is 13.2 Å². The number of benzene rings is 2. The first-order valence-corrected chi connectivity index (χ1v) is 14.5. The van der Waals surface area contributed by atoms with Crippen molar-refractivity contribution in [2.75, 3.05) is 46.6 Å². The van der Waals surface area contributed by atoms with E-state index in [9.17, 15) is 4.79 Å². The van der Waals surface area contributed by atoms with Crippen molar-refractivity contribution in [3.63, 3.8) is 0 Å². The first-order chi connectivity index (χ1) is 21.8. The van der Waals surface area contributed by atoms with Crippen LogP contribution in [-0.4, -0.2) is 82.7 Å². The number of methoxy groups -OCH3 is 1. The Kier molecular flexibility index (Phi) is 9.35. The number of rotatable bonds is 7. The average Bonchev–Trinajstić information content (AvgIpc) is 3.33. The van der Waals surface area contributed by atoms with Crippen LogP contribution in [0, 0.1) is 29.6 Å². The van der Waals surface area contributed by atoms with Crippen LogP contribution in [0.1, 0.15) is 5.69 Å². The van der Waals surface area contributed by atoms with Gasteiger partial charge >= 0.3 is 0 Å². The SMILES string of the molecule is COc1cc(Oc2ccccc2)ccc1-c1c(C#CC2[C@H]3CN(C(=O)/C=C/CN(C)C)C[C@@H]23)n(C)c2ncnc(N)c12.O=CO. The van der Waals surface area contributed by atoms with Crippen molar-refractivity contribution in [2.24, 2.45) is 24.8 Å². The number of nitrogens with two attached hydrogens (primary N) is 1. The molecule has 2 aromatic carbocycles. The zero-order valence-corrected chi connectivity index (χ0v) is 25.7. The summed E-state index contributed by atoms with van der Waals surface area (Å²) >= 11 is 0. The fourth-order valence-electron chi connectivity index (χ4n) is 5.79. The molecule has 6 rings (SSSR count). The number of hydrogen-bond acceptors (Lipinski definition) is 8. The molecule has 1 aliphatic heterocycles. The minimum atomic E-state index is -0.250. The highest BCUT2D eigenvalue weighted by molar-refractivity contribution is 6.04. The van der Waals surface area contributed by atoms with Crippen LogP contribution in [0.2, 0.25) is 0 Å². The molecule has 0 bridgehead atoms. The third kappa shape index (κ3) is 6.61. The number of likely N-dealkylation sites (N-methyl/N-ethyl adjacent to an activating group) is 1. The molecule has 1 aliphatic carbocycles. The predicted octanol–water partition coefficient (Wildman–Crippen LogP) is 3.89. The Labute approximate surface area is 261 Å². The van der Waals surface area contributed by atoms with E-state index in [-0.39, 0.29) is 18.3 Å². The molecule has 1 saturated heterocycles. The van der Waals surface area contributed by atoms with Gasteiger partial charge in [0, 0.05) is 55.9 Å². The van der Waals surface area contributed by atoms with Crippen LogP contribution in [-0.2, 0) is 16.6 Å². The van der Waals surface area contributed by atoms with Crippen molar-refractivity contribution in [3.8, 4) is 40.2 Å². The van der Waals surface area contributed by atoms with Gasteiger partial charge in [-0.25, -0.2) is 9.97 Å². The number of aryl methyl sites for hydroxylation is 1. The standard InChI is InChI=1S/C33H34N6O3.CH2O2/c1-37(2)16-8-11-29(40)39-18-25-23(26(25)19-39)14-15-27-30(31-32(34)35-20-36-33(31)38(27)3)24-13-12-22(17-28(24)41-4)42-21-9-6-5-7-10-21;2-1-3/h5-13,17,20,23,25-26H,16,18-19H2,1-4H3,(H2,34,35,36);1H,(H,2,3)/b11-8+;/t23?,25-,26+;. The topological polar surface area (TPSA) is 136 Å². The number of carbonyl (C=O) groups excluding carboxylic acids is 1. The fourth-order valence-corrected chi connectivity index (χ4v) is 5.79. The molecule has 3 atom stereocenters. The van der Waals surface area contributed by atoms with Crippen molar-refractivity contribution >= 4 is 29.2 Å². The van der Waals surface area contributed by atoms with E-state index in [1.807, 2.05) is 90.1 Å². The van der Waals surface area contributed by atoms with E-state index < -0.39 is 0 Å². The smallest absolute Gasteiger partial charge is 0.290 e. The number of anilines is 1. The van der Waals surface area contributed by atoms with Crippen molar-refractivity contribution in [3.05, 3.63) is 72.7 Å². The van der Waals surface area contributed by atoms with Gasteiger partial charge in [-0.2, -0.15) is 0 Å². The molecule has 3 heterocycles. The minimum absolute atomic E-state index is 0.0764. The number of ether oxygens (including phenoxy) is 2. The first-order valence-electron chi connectivity index (χ1n) is 14.5. The van der Waals surface area contributed by atoms with E-state index >= 15 is 0 Å². The molecule has 1 saturated carbocycles. The van der Waals surface area contributed by atoms with E-state index in [1.165, 1.54) is 6.33 Å². The number of para-hydroxylation sites is 1. The maximum Gasteiger partial charge on any atom is 0.290 e. The first kappa shape index (κ1) is 31.1. The molecule has 0 radical (unpaired) electrons. The second kappa shape index (κ2) is 13.5. The summed E-state index contributed by atoms with van der Waals surface area (Å²) in [4.78, 5) is 33.7. The van der Waals surface area contributed by atoms with E-state index in [4.69, 9.17) is 25.1 Å². The number of carbonyl (C=O) groups is 2. The Morgan fingerprint density at radius 1 is 1.13 bits per heavy atom. The second-order valence-electron chi connectivity index (χ2n) is 11.2. The summed E-state index contributed by atoms with van der Waals surface area (Å²) in [5, 5.41) is 7.62. The van der Waals surface area contributed by atoms with Crippen LogP contribution < -0.4 is 15.2 Å². The van der Waals surface area contributed by atoms with Crippen molar-refractivity contribution in [1.82, 2.24) is 24.3 Å². The van der Waals surface area contributed by atoms with Gasteiger partial charge in [0.25, 0.3) is 6.47 Å². The summed E-state index contributed by atoms with van der Waals surface area (Å²) in [5.41, 5.74) is 9.56.